The molecule has 4 heteroatoms. The largest absolute Gasteiger partial charge is 0.488 e. The average Bonchev–Trinajstić information content (AvgIpc) is 2.68. The van der Waals surface area contributed by atoms with Crippen molar-refractivity contribution in [3.8, 4) is 5.75 Å². The van der Waals surface area contributed by atoms with Crippen LogP contribution in [-0.4, -0.2) is 17.9 Å². The van der Waals surface area contributed by atoms with Gasteiger partial charge in [-0.15, -0.1) is 0 Å². The zero-order valence-electron chi connectivity index (χ0n) is 14.6. The van der Waals surface area contributed by atoms with Crippen LogP contribution in [0.15, 0.2) is 78.9 Å². The zero-order valence-corrected chi connectivity index (χ0v) is 15.3. The summed E-state index contributed by atoms with van der Waals surface area (Å²) in [6.07, 6.45) is 0. The predicted octanol–water partition coefficient (Wildman–Crippen LogP) is 5.19. The lowest BCUT2D eigenvalue weighted by Crippen LogP contribution is -2.26. The maximum Gasteiger partial charge on any atom is 0.257 e. The molecule has 0 heterocycles. The highest BCUT2D eigenvalue weighted by molar-refractivity contribution is 6.31. The number of amides is 1. The SMILES string of the molecule is CN(Cc1ccccc1)C(=O)c1cc(Cl)ccc1OCc1ccccc1. The van der Waals surface area contributed by atoms with Gasteiger partial charge < -0.3 is 9.64 Å². The van der Waals surface area contributed by atoms with Crippen LogP contribution in [0.3, 0.4) is 0 Å². The van der Waals surface area contributed by atoms with Crippen molar-refractivity contribution >= 4 is 17.5 Å². The number of halogens is 1. The molecule has 3 rings (SSSR count). The highest BCUT2D eigenvalue weighted by Gasteiger charge is 2.18. The van der Waals surface area contributed by atoms with E-state index in [-0.39, 0.29) is 5.91 Å². The van der Waals surface area contributed by atoms with Crippen molar-refractivity contribution in [2.45, 2.75) is 13.2 Å². The third kappa shape index (κ3) is 4.64. The number of benzene rings is 3. The van der Waals surface area contributed by atoms with Crippen molar-refractivity contribution < 1.29 is 9.53 Å². The van der Waals surface area contributed by atoms with E-state index in [4.69, 9.17) is 16.3 Å². The maximum absolute atomic E-state index is 12.9. The number of rotatable bonds is 6. The molecular formula is C22H20ClNO2. The second kappa shape index (κ2) is 8.54. The standard InChI is InChI=1S/C22H20ClNO2/c1-24(15-17-8-4-2-5-9-17)22(25)20-14-19(23)12-13-21(20)26-16-18-10-6-3-7-11-18/h2-14H,15-16H2,1H3. The summed E-state index contributed by atoms with van der Waals surface area (Å²) in [5.74, 6) is 0.405. The Morgan fingerprint density at radius 1 is 0.923 bits per heavy atom. The molecule has 132 valence electrons. The molecule has 0 atom stereocenters. The van der Waals surface area contributed by atoms with Gasteiger partial charge in [-0.25, -0.2) is 0 Å². The number of hydrogen-bond acceptors (Lipinski definition) is 2. The van der Waals surface area contributed by atoms with Gasteiger partial charge >= 0.3 is 0 Å². The second-order valence-electron chi connectivity index (χ2n) is 6.06. The van der Waals surface area contributed by atoms with E-state index in [0.717, 1.165) is 11.1 Å². The molecule has 0 radical (unpaired) electrons. The lowest BCUT2D eigenvalue weighted by molar-refractivity contribution is 0.0780. The van der Waals surface area contributed by atoms with Crippen molar-refractivity contribution in [2.24, 2.45) is 0 Å². The van der Waals surface area contributed by atoms with Gasteiger partial charge in [-0.3, -0.25) is 4.79 Å². The molecule has 3 aromatic rings. The fourth-order valence-corrected chi connectivity index (χ4v) is 2.84. The van der Waals surface area contributed by atoms with Crippen LogP contribution in [-0.2, 0) is 13.2 Å². The summed E-state index contributed by atoms with van der Waals surface area (Å²) in [6, 6.07) is 24.8. The van der Waals surface area contributed by atoms with Gasteiger partial charge in [-0.05, 0) is 29.3 Å². The monoisotopic (exact) mass is 365 g/mol. The third-order valence-electron chi connectivity index (χ3n) is 4.02. The van der Waals surface area contributed by atoms with Crippen LogP contribution in [0, 0.1) is 0 Å². The number of carbonyl (C=O) groups is 1. The first-order valence-electron chi connectivity index (χ1n) is 8.39. The first-order valence-corrected chi connectivity index (χ1v) is 8.77. The topological polar surface area (TPSA) is 29.5 Å². The molecule has 0 unspecified atom stereocenters. The molecule has 0 aliphatic heterocycles. The molecule has 0 aliphatic rings. The van der Waals surface area contributed by atoms with Crippen molar-refractivity contribution in [1.29, 1.82) is 0 Å². The smallest absolute Gasteiger partial charge is 0.257 e. The highest BCUT2D eigenvalue weighted by atomic mass is 35.5. The predicted molar refractivity (Wildman–Crippen MR) is 104 cm³/mol. The van der Waals surface area contributed by atoms with Crippen molar-refractivity contribution in [1.82, 2.24) is 4.90 Å². The molecule has 0 aliphatic carbocycles. The van der Waals surface area contributed by atoms with Crippen LogP contribution in [0.4, 0.5) is 0 Å². The van der Waals surface area contributed by atoms with Crippen LogP contribution in [0.25, 0.3) is 0 Å². The van der Waals surface area contributed by atoms with Crippen molar-refractivity contribution in [3.63, 3.8) is 0 Å². The minimum absolute atomic E-state index is 0.126. The van der Waals surface area contributed by atoms with Crippen LogP contribution in [0.2, 0.25) is 5.02 Å². The Bertz CT molecular complexity index is 866. The fourth-order valence-electron chi connectivity index (χ4n) is 2.67. The Morgan fingerprint density at radius 2 is 1.54 bits per heavy atom. The Hall–Kier alpha value is -2.78. The molecule has 3 aromatic carbocycles. The van der Waals surface area contributed by atoms with Crippen LogP contribution < -0.4 is 4.74 Å². The van der Waals surface area contributed by atoms with Gasteiger partial charge in [0.2, 0.25) is 0 Å². The molecule has 0 saturated carbocycles. The van der Waals surface area contributed by atoms with E-state index in [2.05, 4.69) is 0 Å². The van der Waals surface area contributed by atoms with Crippen LogP contribution >= 0.6 is 11.6 Å². The second-order valence-corrected chi connectivity index (χ2v) is 6.50. The molecule has 0 aromatic heterocycles. The Labute approximate surface area is 158 Å². The van der Waals surface area contributed by atoms with Gasteiger partial charge in [-0.1, -0.05) is 72.3 Å². The maximum atomic E-state index is 12.9. The Kier molecular flexibility index (Phi) is 5.92. The van der Waals surface area contributed by atoms with E-state index in [0.29, 0.717) is 29.5 Å². The van der Waals surface area contributed by atoms with Gasteiger partial charge in [0, 0.05) is 18.6 Å². The molecular weight excluding hydrogens is 346 g/mol. The Morgan fingerprint density at radius 3 is 2.19 bits per heavy atom. The van der Waals surface area contributed by atoms with Crippen LogP contribution in [0.1, 0.15) is 21.5 Å². The summed E-state index contributed by atoms with van der Waals surface area (Å²) in [5.41, 5.74) is 2.57. The summed E-state index contributed by atoms with van der Waals surface area (Å²) in [4.78, 5) is 14.6. The summed E-state index contributed by atoms with van der Waals surface area (Å²) in [6.45, 7) is 0.912. The average molecular weight is 366 g/mol. The summed E-state index contributed by atoms with van der Waals surface area (Å²) < 4.78 is 5.89. The van der Waals surface area contributed by atoms with E-state index < -0.39 is 0 Å². The normalized spacial score (nSPS) is 10.4. The number of carbonyl (C=O) groups excluding carboxylic acids is 1. The van der Waals surface area contributed by atoms with Gasteiger partial charge in [-0.2, -0.15) is 0 Å². The van der Waals surface area contributed by atoms with E-state index in [1.165, 1.54) is 0 Å². The van der Waals surface area contributed by atoms with E-state index in [1.807, 2.05) is 60.7 Å². The summed E-state index contributed by atoms with van der Waals surface area (Å²) in [5, 5.41) is 0.508. The molecule has 1 amide bonds. The minimum Gasteiger partial charge on any atom is -0.488 e. The van der Waals surface area contributed by atoms with Gasteiger partial charge in [0.05, 0.1) is 5.56 Å². The summed E-state index contributed by atoms with van der Waals surface area (Å²) in [7, 11) is 1.78. The first-order chi connectivity index (χ1) is 12.6. The number of nitrogens with zero attached hydrogens (tertiary/aromatic N) is 1. The van der Waals surface area contributed by atoms with Crippen LogP contribution in [0.5, 0.6) is 5.75 Å². The summed E-state index contributed by atoms with van der Waals surface area (Å²) >= 11 is 6.12. The highest BCUT2D eigenvalue weighted by Crippen LogP contribution is 2.25. The molecule has 0 saturated heterocycles. The number of hydrogen-bond donors (Lipinski definition) is 0. The quantitative estimate of drug-likeness (QED) is 0.601. The molecule has 0 bridgehead atoms. The van der Waals surface area contributed by atoms with E-state index >= 15 is 0 Å². The molecule has 0 fully saturated rings. The van der Waals surface area contributed by atoms with Crippen molar-refractivity contribution in [3.05, 3.63) is 101 Å². The third-order valence-corrected chi connectivity index (χ3v) is 4.25. The molecule has 0 spiro atoms. The van der Waals surface area contributed by atoms with E-state index in [1.54, 1.807) is 30.1 Å². The van der Waals surface area contributed by atoms with Gasteiger partial charge in [0.1, 0.15) is 12.4 Å². The lowest BCUT2D eigenvalue weighted by Gasteiger charge is -2.19. The molecule has 26 heavy (non-hydrogen) atoms. The molecule has 0 N–H and O–H groups in total. The fraction of sp³-hybridized carbons (Fsp3) is 0.136. The Balaban J connectivity index is 1.77. The van der Waals surface area contributed by atoms with E-state index in [9.17, 15) is 4.79 Å². The number of ether oxygens (including phenoxy) is 1. The first kappa shape index (κ1) is 18.0. The van der Waals surface area contributed by atoms with Crippen molar-refractivity contribution in [2.75, 3.05) is 7.05 Å². The van der Waals surface area contributed by atoms with Gasteiger partial charge in [0.25, 0.3) is 5.91 Å². The molecule has 3 nitrogen and oxygen atoms in total. The lowest BCUT2D eigenvalue weighted by atomic mass is 10.1. The zero-order chi connectivity index (χ0) is 18.4. The minimum atomic E-state index is -0.126. The van der Waals surface area contributed by atoms with Gasteiger partial charge in [0.15, 0.2) is 0 Å².